The average Bonchev–Trinajstić information content (AvgIpc) is 3.40. The van der Waals surface area contributed by atoms with Crippen molar-refractivity contribution in [3.8, 4) is 11.5 Å². The minimum Gasteiger partial charge on any atom is -0.462 e. The van der Waals surface area contributed by atoms with Gasteiger partial charge in [-0.1, -0.05) is 36.4 Å². The molecule has 6 nitrogen and oxygen atoms in total. The first-order chi connectivity index (χ1) is 15.5. The minimum absolute atomic E-state index is 0.0701. The van der Waals surface area contributed by atoms with E-state index in [4.69, 9.17) is 26.4 Å². The maximum Gasteiger partial charge on any atom is 0.341 e. The maximum atomic E-state index is 12.5. The van der Waals surface area contributed by atoms with Gasteiger partial charge in [-0.2, -0.15) is 0 Å². The Kier molecular flexibility index (Phi) is 6.92. The third-order valence-corrected chi connectivity index (χ3v) is 6.24. The highest BCUT2D eigenvalue weighted by Crippen LogP contribution is 2.34. The van der Waals surface area contributed by atoms with Crippen molar-refractivity contribution in [3.63, 3.8) is 0 Å². The summed E-state index contributed by atoms with van der Waals surface area (Å²) < 4.78 is 16.1. The van der Waals surface area contributed by atoms with Crippen LogP contribution < -0.4 is 20.1 Å². The molecule has 0 saturated carbocycles. The van der Waals surface area contributed by atoms with Crippen molar-refractivity contribution in [1.29, 1.82) is 0 Å². The van der Waals surface area contributed by atoms with Gasteiger partial charge in [-0.05, 0) is 55.4 Å². The number of rotatable bonds is 7. The molecule has 32 heavy (non-hydrogen) atoms. The first kappa shape index (κ1) is 22.1. The normalized spacial score (nSPS) is 12.8. The van der Waals surface area contributed by atoms with Crippen LogP contribution in [0.5, 0.6) is 11.5 Å². The van der Waals surface area contributed by atoms with E-state index in [0.717, 1.165) is 28.4 Å². The van der Waals surface area contributed by atoms with Gasteiger partial charge in [0, 0.05) is 11.3 Å². The molecule has 0 spiro atoms. The van der Waals surface area contributed by atoms with Gasteiger partial charge in [0.2, 0.25) is 6.79 Å². The number of thiocarbonyl (C=S) groups is 1. The molecule has 0 radical (unpaired) electrons. The maximum absolute atomic E-state index is 12.5. The van der Waals surface area contributed by atoms with Crippen LogP contribution in [0, 0.1) is 0 Å². The van der Waals surface area contributed by atoms with Crippen LogP contribution in [-0.4, -0.2) is 24.5 Å². The number of esters is 1. The largest absolute Gasteiger partial charge is 0.462 e. The summed E-state index contributed by atoms with van der Waals surface area (Å²) in [4.78, 5) is 13.6. The van der Waals surface area contributed by atoms with Gasteiger partial charge in [-0.25, -0.2) is 4.79 Å². The molecule has 8 heteroatoms. The number of anilines is 1. The molecule has 1 aromatic heterocycles. The van der Waals surface area contributed by atoms with Gasteiger partial charge in [0.15, 0.2) is 16.6 Å². The molecule has 0 amide bonds. The molecule has 166 valence electrons. The van der Waals surface area contributed by atoms with Crippen molar-refractivity contribution >= 4 is 39.6 Å². The molecule has 0 aliphatic carbocycles. The molecule has 1 unspecified atom stereocenters. The fraction of sp³-hybridized carbons (Fsp3) is 0.250. The molecule has 0 fully saturated rings. The summed E-state index contributed by atoms with van der Waals surface area (Å²) in [5.74, 6) is 1.10. The van der Waals surface area contributed by atoms with Crippen molar-refractivity contribution in [2.45, 2.75) is 26.3 Å². The average molecular weight is 469 g/mol. The van der Waals surface area contributed by atoms with Crippen molar-refractivity contribution in [2.24, 2.45) is 0 Å². The summed E-state index contributed by atoms with van der Waals surface area (Å²) >= 11 is 7.04. The number of carbonyl (C=O) groups excluding carboxylic acids is 1. The van der Waals surface area contributed by atoms with Gasteiger partial charge in [-0.15, -0.1) is 11.3 Å². The van der Waals surface area contributed by atoms with Gasteiger partial charge in [0.25, 0.3) is 0 Å². The second-order valence-corrected chi connectivity index (χ2v) is 8.82. The second kappa shape index (κ2) is 10.0. The number of nitrogens with one attached hydrogen (secondary N) is 2. The Balaban J connectivity index is 1.47. The first-order valence-electron chi connectivity index (χ1n) is 10.3. The van der Waals surface area contributed by atoms with E-state index in [1.807, 2.05) is 49.4 Å². The molecule has 3 aromatic rings. The summed E-state index contributed by atoms with van der Waals surface area (Å²) in [5, 5.41) is 7.56. The van der Waals surface area contributed by atoms with Gasteiger partial charge in [-0.3, -0.25) is 0 Å². The van der Waals surface area contributed by atoms with Gasteiger partial charge in [0.05, 0.1) is 18.2 Å². The number of ether oxygens (including phenoxy) is 3. The van der Waals surface area contributed by atoms with E-state index in [-0.39, 0.29) is 18.8 Å². The van der Waals surface area contributed by atoms with Gasteiger partial charge in [0.1, 0.15) is 5.00 Å². The summed E-state index contributed by atoms with van der Waals surface area (Å²) in [6.07, 6.45) is 0.730. The van der Waals surface area contributed by atoms with E-state index in [2.05, 4.69) is 22.8 Å². The standard InChI is InChI=1S/C24H24N2O4S2/c1-3-28-23(27)19-13-18(11-16-7-5-4-6-8-16)32-22(19)26-24(31)25-15(2)17-9-10-20-21(12-17)30-14-29-20/h4-10,12-13,15H,3,11,14H2,1-2H3,(H2,25,26,31). The Bertz CT molecular complexity index is 1110. The second-order valence-electron chi connectivity index (χ2n) is 7.27. The van der Waals surface area contributed by atoms with E-state index in [0.29, 0.717) is 22.3 Å². The number of carbonyl (C=O) groups is 1. The zero-order valence-electron chi connectivity index (χ0n) is 17.8. The smallest absolute Gasteiger partial charge is 0.341 e. The number of benzene rings is 2. The predicted molar refractivity (Wildman–Crippen MR) is 130 cm³/mol. The number of fused-ring (bicyclic) bond motifs is 1. The summed E-state index contributed by atoms with van der Waals surface area (Å²) in [6.45, 7) is 4.35. The lowest BCUT2D eigenvalue weighted by molar-refractivity contribution is 0.0528. The van der Waals surface area contributed by atoms with Crippen molar-refractivity contribution < 1.29 is 19.0 Å². The third-order valence-electron chi connectivity index (χ3n) is 4.97. The number of hydrogen-bond acceptors (Lipinski definition) is 6. The van der Waals surface area contributed by atoms with Crippen LogP contribution in [0.4, 0.5) is 5.00 Å². The summed E-state index contributed by atoms with van der Waals surface area (Å²) in [7, 11) is 0. The van der Waals surface area contributed by atoms with E-state index in [1.54, 1.807) is 6.92 Å². The predicted octanol–water partition coefficient (Wildman–Crippen LogP) is 5.29. The van der Waals surface area contributed by atoms with E-state index in [1.165, 1.54) is 16.9 Å². The van der Waals surface area contributed by atoms with Crippen LogP contribution in [0.3, 0.4) is 0 Å². The molecule has 4 rings (SSSR count). The lowest BCUT2D eigenvalue weighted by atomic mass is 10.1. The molecule has 2 N–H and O–H groups in total. The SMILES string of the molecule is CCOC(=O)c1cc(Cc2ccccc2)sc1NC(=S)NC(C)c1ccc2c(c1)OCO2. The van der Waals surface area contributed by atoms with Crippen LogP contribution in [0.15, 0.2) is 54.6 Å². The molecule has 2 aromatic carbocycles. The molecule has 0 saturated heterocycles. The highest BCUT2D eigenvalue weighted by molar-refractivity contribution is 7.80. The number of thiophene rings is 1. The lowest BCUT2D eigenvalue weighted by Crippen LogP contribution is -2.31. The Morgan fingerprint density at radius 3 is 2.72 bits per heavy atom. The highest BCUT2D eigenvalue weighted by atomic mass is 32.1. The molecule has 1 aliphatic rings. The van der Waals surface area contributed by atoms with E-state index < -0.39 is 0 Å². The van der Waals surface area contributed by atoms with Gasteiger partial charge < -0.3 is 24.8 Å². The van der Waals surface area contributed by atoms with E-state index in [9.17, 15) is 4.79 Å². The minimum atomic E-state index is -0.364. The number of hydrogen-bond donors (Lipinski definition) is 2. The first-order valence-corrected chi connectivity index (χ1v) is 11.6. The third kappa shape index (κ3) is 5.20. The van der Waals surface area contributed by atoms with Gasteiger partial charge >= 0.3 is 5.97 Å². The van der Waals surface area contributed by atoms with Crippen LogP contribution in [-0.2, 0) is 11.2 Å². The van der Waals surface area contributed by atoms with Crippen molar-refractivity contribution in [2.75, 3.05) is 18.7 Å². The van der Waals surface area contributed by atoms with Crippen molar-refractivity contribution in [3.05, 3.63) is 76.2 Å². The molecule has 0 bridgehead atoms. The Morgan fingerprint density at radius 2 is 1.94 bits per heavy atom. The Hall–Kier alpha value is -3.10. The molecule has 2 heterocycles. The summed E-state index contributed by atoms with van der Waals surface area (Å²) in [5.41, 5.74) is 2.68. The lowest BCUT2D eigenvalue weighted by Gasteiger charge is -2.17. The molecular formula is C24H24N2O4S2. The molecular weight excluding hydrogens is 444 g/mol. The fourth-order valence-electron chi connectivity index (χ4n) is 3.38. The highest BCUT2D eigenvalue weighted by Gasteiger charge is 2.20. The molecule has 1 aliphatic heterocycles. The van der Waals surface area contributed by atoms with E-state index >= 15 is 0 Å². The Labute approximate surface area is 196 Å². The fourth-order valence-corrected chi connectivity index (χ4v) is 4.81. The van der Waals surface area contributed by atoms with Crippen LogP contribution in [0.25, 0.3) is 0 Å². The Morgan fingerprint density at radius 1 is 1.16 bits per heavy atom. The van der Waals surface area contributed by atoms with Crippen molar-refractivity contribution in [1.82, 2.24) is 5.32 Å². The zero-order valence-corrected chi connectivity index (χ0v) is 19.5. The molecule has 1 atom stereocenters. The van der Waals surface area contributed by atoms with Crippen LogP contribution >= 0.6 is 23.6 Å². The zero-order chi connectivity index (χ0) is 22.5. The van der Waals surface area contributed by atoms with Crippen LogP contribution in [0.2, 0.25) is 0 Å². The summed E-state index contributed by atoms with van der Waals surface area (Å²) in [6, 6.07) is 17.7. The monoisotopic (exact) mass is 468 g/mol. The quantitative estimate of drug-likeness (QED) is 0.361. The van der Waals surface area contributed by atoms with Crippen LogP contribution in [0.1, 0.15) is 46.3 Å². The topological polar surface area (TPSA) is 68.8 Å².